The van der Waals surface area contributed by atoms with Gasteiger partial charge in [0.25, 0.3) is 0 Å². The van der Waals surface area contributed by atoms with Crippen LogP contribution in [0.4, 0.5) is 0 Å². The number of aryl methyl sites for hydroxylation is 4. The molecule has 0 aliphatic heterocycles. The molecule has 0 N–H and O–H groups in total. The summed E-state index contributed by atoms with van der Waals surface area (Å²) in [6.07, 6.45) is 29.5. The second-order valence-corrected chi connectivity index (χ2v) is 16.7. The normalized spacial score (nSPS) is 13.3. The van der Waals surface area contributed by atoms with Gasteiger partial charge in [-0.25, -0.2) is 9.67 Å². The predicted molar refractivity (Wildman–Crippen MR) is 230 cm³/mol. The van der Waals surface area contributed by atoms with Crippen molar-refractivity contribution in [1.29, 1.82) is 0 Å². The van der Waals surface area contributed by atoms with Gasteiger partial charge in [0.05, 0.1) is 5.69 Å². The van der Waals surface area contributed by atoms with Crippen LogP contribution in [-0.4, -0.2) is 14.8 Å². The molecular formula is C50H73N3. The summed E-state index contributed by atoms with van der Waals surface area (Å²) in [6, 6.07) is 21.6. The van der Waals surface area contributed by atoms with Crippen LogP contribution in [0.5, 0.6) is 0 Å². The van der Waals surface area contributed by atoms with Gasteiger partial charge >= 0.3 is 0 Å². The van der Waals surface area contributed by atoms with E-state index < -0.39 is 0 Å². The van der Waals surface area contributed by atoms with Crippen LogP contribution < -0.4 is 0 Å². The number of hydrogen-bond donors (Lipinski definition) is 0. The lowest BCUT2D eigenvalue weighted by atomic mass is 9.63. The lowest BCUT2D eigenvalue weighted by Crippen LogP contribution is -2.33. The van der Waals surface area contributed by atoms with Crippen LogP contribution >= 0.6 is 0 Å². The maximum atomic E-state index is 5.30. The molecule has 53 heavy (non-hydrogen) atoms. The zero-order chi connectivity index (χ0) is 37.5. The number of benzene rings is 3. The number of nitrogens with zero attached hydrogens (tertiary/aromatic N) is 3. The fourth-order valence-corrected chi connectivity index (χ4v) is 9.24. The summed E-state index contributed by atoms with van der Waals surface area (Å²) in [6.45, 7) is 13.7. The van der Waals surface area contributed by atoms with E-state index in [1.165, 1.54) is 160 Å². The van der Waals surface area contributed by atoms with Crippen molar-refractivity contribution in [3.05, 3.63) is 88.2 Å². The molecule has 0 saturated heterocycles. The molecule has 0 bridgehead atoms. The number of unbranched alkanes of at least 4 members (excludes halogenated alkanes) is 14. The lowest BCUT2D eigenvalue weighted by Gasteiger charge is -2.41. The fourth-order valence-electron chi connectivity index (χ4n) is 9.24. The van der Waals surface area contributed by atoms with Crippen molar-refractivity contribution >= 4 is 0 Å². The molecule has 288 valence electrons. The van der Waals surface area contributed by atoms with Crippen LogP contribution in [0.1, 0.15) is 190 Å². The zero-order valence-corrected chi connectivity index (χ0v) is 34.8. The second-order valence-electron chi connectivity index (χ2n) is 16.7. The molecule has 1 aliphatic rings. The smallest absolute Gasteiger partial charge is 0.163 e. The molecule has 3 aromatic carbocycles. The van der Waals surface area contributed by atoms with E-state index in [1.54, 1.807) is 5.56 Å². The Kier molecular flexibility index (Phi) is 16.3. The zero-order valence-electron chi connectivity index (χ0n) is 34.8. The van der Waals surface area contributed by atoms with E-state index in [0.717, 1.165) is 43.8 Å². The fraction of sp³-hybridized carbons (Fsp3) is 0.600. The van der Waals surface area contributed by atoms with Crippen LogP contribution in [0.15, 0.2) is 54.6 Å². The van der Waals surface area contributed by atoms with Crippen LogP contribution in [0.2, 0.25) is 0 Å². The Bertz CT molecular complexity index is 1650. The van der Waals surface area contributed by atoms with E-state index >= 15 is 0 Å². The summed E-state index contributed by atoms with van der Waals surface area (Å²) >= 11 is 0. The molecule has 4 aromatic rings. The molecule has 0 spiro atoms. The van der Waals surface area contributed by atoms with E-state index in [2.05, 4.69) is 101 Å². The third-order valence-electron chi connectivity index (χ3n) is 12.2. The van der Waals surface area contributed by atoms with Crippen molar-refractivity contribution in [1.82, 2.24) is 14.8 Å². The molecule has 0 saturated carbocycles. The largest absolute Gasteiger partial charge is 0.212 e. The number of rotatable bonds is 24. The van der Waals surface area contributed by atoms with E-state index in [9.17, 15) is 0 Å². The molecule has 0 radical (unpaired) electrons. The minimum Gasteiger partial charge on any atom is -0.212 e. The molecular weight excluding hydrogens is 643 g/mol. The van der Waals surface area contributed by atoms with Gasteiger partial charge < -0.3 is 0 Å². The van der Waals surface area contributed by atoms with Gasteiger partial charge in [0.2, 0.25) is 0 Å². The summed E-state index contributed by atoms with van der Waals surface area (Å²) in [4.78, 5) is 5.30. The van der Waals surface area contributed by atoms with Gasteiger partial charge in [-0.15, -0.1) is 0 Å². The maximum Gasteiger partial charge on any atom is 0.163 e. The average Bonchev–Trinajstić information content (AvgIpc) is 3.58. The molecule has 0 unspecified atom stereocenters. The lowest BCUT2D eigenvalue weighted by molar-refractivity contribution is 0.327. The summed E-state index contributed by atoms with van der Waals surface area (Å²) in [7, 11) is 0. The first-order valence-corrected chi connectivity index (χ1v) is 22.2. The first-order chi connectivity index (χ1) is 25.9. The molecule has 0 amide bonds. The molecule has 0 atom stereocenters. The third kappa shape index (κ3) is 10.7. The summed E-state index contributed by atoms with van der Waals surface area (Å²) in [5, 5.41) is 5.24. The molecule has 1 aromatic heterocycles. The van der Waals surface area contributed by atoms with E-state index in [0.29, 0.717) is 0 Å². The Morgan fingerprint density at radius 1 is 0.585 bits per heavy atom. The van der Waals surface area contributed by atoms with E-state index in [-0.39, 0.29) is 5.41 Å². The van der Waals surface area contributed by atoms with E-state index in [1.807, 2.05) is 0 Å². The first kappa shape index (κ1) is 41.0. The number of hydrogen-bond acceptors (Lipinski definition) is 2. The highest BCUT2D eigenvalue weighted by molar-refractivity contribution is 5.79. The SMILES string of the molecule is CCCCCCCCC1(CCCCCCCC)Cc2ccc(-c3nc(CCCC)nn3-c3c(C)cc(CCCCCC)cc3C)cc2-c2ccccc21. The van der Waals surface area contributed by atoms with Crippen LogP contribution in [0, 0.1) is 13.8 Å². The van der Waals surface area contributed by atoms with Gasteiger partial charge in [-0.2, -0.15) is 5.10 Å². The van der Waals surface area contributed by atoms with Crippen molar-refractivity contribution in [2.24, 2.45) is 0 Å². The van der Waals surface area contributed by atoms with Gasteiger partial charge in [0.1, 0.15) is 0 Å². The highest BCUT2D eigenvalue weighted by atomic mass is 15.4. The molecule has 0 fully saturated rings. The van der Waals surface area contributed by atoms with Gasteiger partial charge in [-0.1, -0.05) is 179 Å². The average molecular weight is 716 g/mol. The minimum absolute atomic E-state index is 0.223. The highest BCUT2D eigenvalue weighted by Crippen LogP contribution is 2.49. The molecule has 5 rings (SSSR count). The van der Waals surface area contributed by atoms with Gasteiger partial charge in [-0.3, -0.25) is 0 Å². The van der Waals surface area contributed by atoms with Crippen LogP contribution in [0.25, 0.3) is 28.2 Å². The van der Waals surface area contributed by atoms with E-state index in [4.69, 9.17) is 10.1 Å². The van der Waals surface area contributed by atoms with Crippen molar-refractivity contribution < 1.29 is 0 Å². The quantitative estimate of drug-likeness (QED) is 0.0676. The van der Waals surface area contributed by atoms with Gasteiger partial charge in [-0.05, 0) is 103 Å². The summed E-state index contributed by atoms with van der Waals surface area (Å²) in [5.74, 6) is 1.94. The van der Waals surface area contributed by atoms with Gasteiger partial charge in [0.15, 0.2) is 11.6 Å². The second kappa shape index (κ2) is 21.0. The topological polar surface area (TPSA) is 30.7 Å². The standard InChI is InChI=1S/C50H73N3/c1-7-11-15-18-20-25-33-50(34-26-21-19-16-12-8-2)38-43-32-31-42(37-45(43)44-28-23-24-29-46(44)50)49-51-47(30-14-10-4)52-53(49)48-39(5)35-41(36-40(48)6)27-22-17-13-9-3/h23-24,28-29,31-32,35-37H,7-22,25-27,30,33-34,38H2,1-6H3. The molecule has 3 heteroatoms. The molecule has 3 nitrogen and oxygen atoms in total. The Morgan fingerprint density at radius 2 is 1.17 bits per heavy atom. The first-order valence-electron chi connectivity index (χ1n) is 22.2. The Hall–Kier alpha value is -3.20. The van der Waals surface area contributed by atoms with Crippen LogP contribution in [0.3, 0.4) is 0 Å². The Morgan fingerprint density at radius 3 is 1.81 bits per heavy atom. The molecule has 1 heterocycles. The minimum atomic E-state index is 0.223. The predicted octanol–water partition coefficient (Wildman–Crippen LogP) is 15.0. The van der Waals surface area contributed by atoms with Crippen molar-refractivity contribution in [2.45, 2.75) is 195 Å². The summed E-state index contributed by atoms with van der Waals surface area (Å²) < 4.78 is 2.19. The monoisotopic (exact) mass is 716 g/mol. The molecule has 1 aliphatic carbocycles. The highest BCUT2D eigenvalue weighted by Gasteiger charge is 2.38. The summed E-state index contributed by atoms with van der Waals surface area (Å²) in [5.41, 5.74) is 12.6. The Labute approximate surface area is 324 Å². The van der Waals surface area contributed by atoms with Gasteiger partial charge in [0, 0.05) is 12.0 Å². The van der Waals surface area contributed by atoms with Crippen molar-refractivity contribution in [2.75, 3.05) is 0 Å². The number of aromatic nitrogens is 3. The maximum absolute atomic E-state index is 5.30. The van der Waals surface area contributed by atoms with Crippen LogP contribution in [-0.2, 0) is 24.7 Å². The van der Waals surface area contributed by atoms with Crippen molar-refractivity contribution in [3.8, 4) is 28.2 Å². The third-order valence-corrected chi connectivity index (χ3v) is 12.2. The van der Waals surface area contributed by atoms with Crippen molar-refractivity contribution in [3.63, 3.8) is 0 Å². The Balaban J connectivity index is 1.49. The number of fused-ring (bicyclic) bond motifs is 3.